The molecule has 0 aliphatic carbocycles. The van der Waals surface area contributed by atoms with Gasteiger partial charge in [-0.05, 0) is 60.9 Å². The molecular weight excluding hydrogens is 442 g/mol. The predicted molar refractivity (Wildman–Crippen MR) is 125 cm³/mol. The maximum absolute atomic E-state index is 13.5. The van der Waals surface area contributed by atoms with Gasteiger partial charge in [-0.3, -0.25) is 4.79 Å². The van der Waals surface area contributed by atoms with Crippen LogP contribution in [0.4, 0.5) is 11.4 Å². The normalized spacial score (nSPS) is 13.8. The van der Waals surface area contributed by atoms with Crippen molar-refractivity contribution in [3.05, 3.63) is 65.1 Å². The highest BCUT2D eigenvalue weighted by Gasteiger charge is 2.25. The van der Waals surface area contributed by atoms with Gasteiger partial charge in [0.25, 0.3) is 5.91 Å². The van der Waals surface area contributed by atoms with Crippen LogP contribution in [0.25, 0.3) is 16.9 Å². The van der Waals surface area contributed by atoms with E-state index in [0.717, 1.165) is 37.3 Å². The minimum Gasteiger partial charge on any atom is -0.370 e. The Kier molecular flexibility index (Phi) is 5.78. The average molecular weight is 464 g/mol. The number of aryl methyl sites for hydroxylation is 1. The lowest BCUT2D eigenvalue weighted by atomic mass is 10.0. The Morgan fingerprint density at radius 3 is 2.70 bits per heavy atom. The van der Waals surface area contributed by atoms with Crippen LogP contribution in [0, 0.1) is 6.92 Å². The molecule has 1 aliphatic rings. The van der Waals surface area contributed by atoms with E-state index in [1.54, 1.807) is 17.7 Å². The number of hydrogen-bond donors (Lipinski definition) is 1. The maximum atomic E-state index is 13.5. The number of tetrazole rings is 1. The van der Waals surface area contributed by atoms with Crippen LogP contribution >= 0.6 is 11.6 Å². The molecule has 0 atom stereocenters. The van der Waals surface area contributed by atoms with E-state index < -0.39 is 0 Å². The molecule has 0 radical (unpaired) electrons. The van der Waals surface area contributed by atoms with E-state index in [9.17, 15) is 4.79 Å². The molecule has 0 spiro atoms. The second-order valence-corrected chi connectivity index (χ2v) is 8.31. The van der Waals surface area contributed by atoms with Gasteiger partial charge in [0, 0.05) is 18.7 Å². The Hall–Kier alpha value is -3.72. The average Bonchev–Trinajstić information content (AvgIpc) is 3.50. The highest BCUT2D eigenvalue weighted by molar-refractivity contribution is 6.33. The van der Waals surface area contributed by atoms with Crippen LogP contribution < -0.4 is 10.2 Å². The van der Waals surface area contributed by atoms with Crippen molar-refractivity contribution in [1.82, 2.24) is 25.4 Å². The first-order chi connectivity index (χ1) is 16.1. The molecule has 1 fully saturated rings. The fourth-order valence-corrected chi connectivity index (χ4v) is 4.34. The molecule has 1 amide bonds. The summed E-state index contributed by atoms with van der Waals surface area (Å²) in [6.45, 7) is 3.58. The minimum atomic E-state index is -0.323. The molecule has 3 heterocycles. The summed E-state index contributed by atoms with van der Waals surface area (Å²) in [5.41, 5.74) is 3.76. The molecular formula is C23H22ClN7O2. The molecule has 9 nitrogen and oxygen atoms in total. The number of carbonyl (C=O) groups is 1. The molecule has 0 unspecified atom stereocenters. The van der Waals surface area contributed by atoms with E-state index in [1.807, 2.05) is 36.4 Å². The van der Waals surface area contributed by atoms with Crippen molar-refractivity contribution >= 4 is 28.9 Å². The zero-order chi connectivity index (χ0) is 22.8. The predicted octanol–water partition coefficient (Wildman–Crippen LogP) is 4.52. The fraction of sp³-hybridized carbons (Fsp3) is 0.261. The van der Waals surface area contributed by atoms with Gasteiger partial charge in [-0.2, -0.15) is 0 Å². The first-order valence-corrected chi connectivity index (χ1v) is 11.1. The Morgan fingerprint density at radius 2 is 1.94 bits per heavy atom. The Labute approximate surface area is 195 Å². The van der Waals surface area contributed by atoms with E-state index in [2.05, 4.69) is 30.9 Å². The number of hydrogen-bond acceptors (Lipinski definition) is 7. The summed E-state index contributed by atoms with van der Waals surface area (Å²) in [4.78, 5) is 15.8. The SMILES string of the molecule is Cc1onc(-c2ccccc2Cl)c1C(=O)Nc1cc(-n2cnnn2)ccc1N1CCCCC1. The second kappa shape index (κ2) is 9.03. The third-order valence-electron chi connectivity index (χ3n) is 5.76. The Morgan fingerprint density at radius 1 is 1.12 bits per heavy atom. The smallest absolute Gasteiger partial charge is 0.261 e. The Bertz CT molecular complexity index is 1280. The molecule has 4 aromatic rings. The number of nitrogens with one attached hydrogen (secondary N) is 1. The van der Waals surface area contributed by atoms with Crippen LogP contribution in [0.1, 0.15) is 35.4 Å². The monoisotopic (exact) mass is 463 g/mol. The van der Waals surface area contributed by atoms with Crippen LogP contribution in [0.15, 0.2) is 53.3 Å². The first-order valence-electron chi connectivity index (χ1n) is 10.8. The molecule has 1 N–H and O–H groups in total. The number of halogens is 1. The fourth-order valence-electron chi connectivity index (χ4n) is 4.12. The summed E-state index contributed by atoms with van der Waals surface area (Å²) in [7, 11) is 0. The quantitative estimate of drug-likeness (QED) is 0.464. The van der Waals surface area contributed by atoms with Crippen LogP contribution in [0.5, 0.6) is 0 Å². The molecule has 33 heavy (non-hydrogen) atoms. The highest BCUT2D eigenvalue weighted by Crippen LogP contribution is 2.34. The maximum Gasteiger partial charge on any atom is 0.261 e. The summed E-state index contributed by atoms with van der Waals surface area (Å²) >= 11 is 6.37. The zero-order valence-corrected chi connectivity index (χ0v) is 18.8. The van der Waals surface area contributed by atoms with Gasteiger partial charge in [0.2, 0.25) is 0 Å². The summed E-state index contributed by atoms with van der Waals surface area (Å²) in [6, 6.07) is 13.0. The number of anilines is 2. The number of amides is 1. The minimum absolute atomic E-state index is 0.323. The van der Waals surface area contributed by atoms with Gasteiger partial charge < -0.3 is 14.7 Å². The number of nitrogens with zero attached hydrogens (tertiary/aromatic N) is 6. The number of piperidine rings is 1. The number of rotatable bonds is 5. The molecule has 5 rings (SSSR count). The number of carbonyl (C=O) groups excluding carboxylic acids is 1. The van der Waals surface area contributed by atoms with Crippen molar-refractivity contribution in [2.24, 2.45) is 0 Å². The van der Waals surface area contributed by atoms with Gasteiger partial charge in [-0.15, -0.1) is 5.10 Å². The lowest BCUT2D eigenvalue weighted by Gasteiger charge is -2.30. The van der Waals surface area contributed by atoms with Crippen molar-refractivity contribution < 1.29 is 9.32 Å². The standard InChI is InChI=1S/C23H22ClN7O2/c1-15-21(22(27-33-15)17-7-3-4-8-18(17)24)23(32)26-19-13-16(31-14-25-28-29-31)9-10-20(19)30-11-5-2-6-12-30/h3-4,7-10,13-14H,2,5-6,11-12H2,1H3,(H,26,32). The van der Waals surface area contributed by atoms with Gasteiger partial charge in [-0.1, -0.05) is 35.0 Å². The van der Waals surface area contributed by atoms with Crippen LogP contribution in [-0.4, -0.2) is 44.4 Å². The van der Waals surface area contributed by atoms with E-state index in [1.165, 1.54) is 12.7 Å². The van der Waals surface area contributed by atoms with Gasteiger partial charge in [0.1, 0.15) is 23.3 Å². The van der Waals surface area contributed by atoms with E-state index in [-0.39, 0.29) is 5.91 Å². The van der Waals surface area contributed by atoms with Gasteiger partial charge >= 0.3 is 0 Å². The first kappa shape index (κ1) is 21.1. The zero-order valence-electron chi connectivity index (χ0n) is 18.0. The highest BCUT2D eigenvalue weighted by atomic mass is 35.5. The third kappa shape index (κ3) is 4.19. The van der Waals surface area contributed by atoms with Crippen molar-refractivity contribution in [2.75, 3.05) is 23.3 Å². The van der Waals surface area contributed by atoms with Gasteiger partial charge in [0.15, 0.2) is 0 Å². The lowest BCUT2D eigenvalue weighted by Crippen LogP contribution is -2.30. The van der Waals surface area contributed by atoms with Crippen LogP contribution in [-0.2, 0) is 0 Å². The topological polar surface area (TPSA) is 102 Å². The van der Waals surface area contributed by atoms with E-state index in [4.69, 9.17) is 16.1 Å². The van der Waals surface area contributed by atoms with E-state index >= 15 is 0 Å². The molecule has 2 aromatic carbocycles. The number of benzene rings is 2. The van der Waals surface area contributed by atoms with Gasteiger partial charge in [0.05, 0.1) is 22.1 Å². The van der Waals surface area contributed by atoms with Crippen LogP contribution in [0.3, 0.4) is 0 Å². The second-order valence-electron chi connectivity index (χ2n) is 7.90. The molecule has 0 saturated carbocycles. The number of aromatic nitrogens is 5. The van der Waals surface area contributed by atoms with Crippen LogP contribution in [0.2, 0.25) is 5.02 Å². The van der Waals surface area contributed by atoms with Crippen molar-refractivity contribution in [2.45, 2.75) is 26.2 Å². The van der Waals surface area contributed by atoms with Crippen molar-refractivity contribution in [3.8, 4) is 16.9 Å². The Balaban J connectivity index is 1.53. The lowest BCUT2D eigenvalue weighted by molar-refractivity contribution is 0.102. The molecule has 168 valence electrons. The summed E-state index contributed by atoms with van der Waals surface area (Å²) in [5, 5.41) is 19.1. The molecule has 10 heteroatoms. The molecule has 2 aromatic heterocycles. The third-order valence-corrected chi connectivity index (χ3v) is 6.09. The van der Waals surface area contributed by atoms with Crippen molar-refractivity contribution in [1.29, 1.82) is 0 Å². The van der Waals surface area contributed by atoms with Crippen molar-refractivity contribution in [3.63, 3.8) is 0 Å². The summed E-state index contributed by atoms with van der Waals surface area (Å²) < 4.78 is 6.93. The van der Waals surface area contributed by atoms with E-state index in [0.29, 0.717) is 33.3 Å². The summed E-state index contributed by atoms with van der Waals surface area (Å²) in [6.07, 6.45) is 4.95. The molecule has 1 saturated heterocycles. The molecule has 0 bridgehead atoms. The largest absolute Gasteiger partial charge is 0.370 e. The molecule has 1 aliphatic heterocycles. The summed E-state index contributed by atoms with van der Waals surface area (Å²) in [5.74, 6) is 0.0920. The van der Waals surface area contributed by atoms with Gasteiger partial charge in [-0.25, -0.2) is 4.68 Å².